The summed E-state index contributed by atoms with van der Waals surface area (Å²) in [5.74, 6) is 14.9. The molecule has 0 N–H and O–H groups in total. The number of methoxy groups -OCH3 is 9. The molecule has 0 saturated carbocycles. The highest BCUT2D eigenvalue weighted by molar-refractivity contribution is 5.88. The second kappa shape index (κ2) is 42.8. The van der Waals surface area contributed by atoms with Crippen molar-refractivity contribution in [1.29, 1.82) is 0 Å². The fourth-order valence-corrected chi connectivity index (χ4v) is 15.1. The van der Waals surface area contributed by atoms with Crippen LogP contribution in [0.25, 0.3) is 89.2 Å². The van der Waals surface area contributed by atoms with E-state index in [-0.39, 0.29) is 12.2 Å². The third-order valence-electron chi connectivity index (χ3n) is 22.2. The average molecular weight is 1860 g/mol. The summed E-state index contributed by atoms with van der Waals surface area (Å²) in [6.07, 6.45) is 32.7. The fourth-order valence-electron chi connectivity index (χ4n) is 15.1. The average Bonchev–Trinajstić information content (AvgIpc) is 0.906. The van der Waals surface area contributed by atoms with Crippen molar-refractivity contribution < 1.29 is 47.0 Å². The Morgan fingerprint density at radius 3 is 1.03 bits per heavy atom. The maximum atomic E-state index is 14.1. The van der Waals surface area contributed by atoms with Crippen molar-refractivity contribution in [1.82, 2.24) is 98.9 Å². The number of rotatable bonds is 27. The van der Waals surface area contributed by atoms with Crippen molar-refractivity contribution in [2.45, 2.75) is 32.5 Å². The van der Waals surface area contributed by atoms with Gasteiger partial charge in [0, 0.05) is 218 Å². The number of aryl methyl sites for hydroxylation is 4. The molecule has 19 aromatic rings. The van der Waals surface area contributed by atoms with Gasteiger partial charge in [0.05, 0.1) is 206 Å². The maximum absolute atomic E-state index is 14.1. The van der Waals surface area contributed by atoms with Gasteiger partial charge in [0.15, 0.2) is 5.82 Å². The molecule has 698 valence electrons. The molecular weight excluding hydrogens is 1760 g/mol. The van der Waals surface area contributed by atoms with Crippen LogP contribution in [0.5, 0.6) is 51.9 Å². The van der Waals surface area contributed by atoms with E-state index in [1.54, 1.807) is 157 Å². The zero-order valence-electron chi connectivity index (χ0n) is 79.0. The molecule has 0 aliphatic carbocycles. The number of anilines is 8. The van der Waals surface area contributed by atoms with Crippen LogP contribution in [0.15, 0.2) is 275 Å². The zero-order valence-corrected chi connectivity index (χ0v) is 79.0. The van der Waals surface area contributed by atoms with Crippen LogP contribution in [0.4, 0.5) is 49.9 Å². The molecule has 0 aliphatic rings. The van der Waals surface area contributed by atoms with E-state index in [1.165, 1.54) is 18.3 Å². The lowest BCUT2D eigenvalue weighted by Crippen LogP contribution is -2.39. The Morgan fingerprint density at radius 2 is 0.676 bits per heavy atom. The van der Waals surface area contributed by atoms with Gasteiger partial charge in [-0.15, -0.1) is 6.42 Å². The Hall–Kier alpha value is -18.2. The molecule has 11 aromatic heterocycles. The summed E-state index contributed by atoms with van der Waals surface area (Å²) in [5, 5.41) is 16.9. The molecule has 0 fully saturated rings. The summed E-state index contributed by atoms with van der Waals surface area (Å²) in [6.45, 7) is 5.14. The van der Waals surface area contributed by atoms with Crippen LogP contribution >= 0.6 is 0 Å². The minimum Gasteiger partial charge on any atom is -0.497 e. The number of hydrogen-bond donors (Lipinski definition) is 0. The third-order valence-corrected chi connectivity index (χ3v) is 22.2. The Bertz CT molecular complexity index is 7620. The largest absolute Gasteiger partial charge is 0.497 e. The molecule has 33 nitrogen and oxygen atoms in total. The second-order valence-electron chi connectivity index (χ2n) is 31.9. The minimum absolute atomic E-state index is 0.0937. The molecule has 11 heterocycles. The Morgan fingerprint density at radius 1 is 0.331 bits per heavy atom. The predicted molar refractivity (Wildman–Crippen MR) is 533 cm³/mol. The first-order valence-corrected chi connectivity index (χ1v) is 43.5. The molecule has 0 spiro atoms. The van der Waals surface area contributed by atoms with Crippen LogP contribution < -0.4 is 62.2 Å². The number of terminal acetylenes is 1. The molecule has 0 atom stereocenters. The molecule has 8 aromatic carbocycles. The number of benzene rings is 8. The van der Waals surface area contributed by atoms with E-state index < -0.39 is 11.4 Å². The van der Waals surface area contributed by atoms with Gasteiger partial charge < -0.3 is 62.2 Å². The van der Waals surface area contributed by atoms with Crippen LogP contribution in [0.1, 0.15) is 31.1 Å². The summed E-state index contributed by atoms with van der Waals surface area (Å²) >= 11 is 0. The minimum atomic E-state index is -0.639. The van der Waals surface area contributed by atoms with Gasteiger partial charge in [0.1, 0.15) is 63.1 Å². The zero-order chi connectivity index (χ0) is 97.2. The molecule has 0 unspecified atom stereocenters. The quantitative estimate of drug-likeness (QED) is 0.0432. The van der Waals surface area contributed by atoms with Gasteiger partial charge in [-0.1, -0.05) is 17.9 Å². The van der Waals surface area contributed by atoms with Crippen molar-refractivity contribution in [2.24, 2.45) is 28.2 Å². The molecule has 139 heavy (non-hydrogen) atoms. The normalized spacial score (nSPS) is 10.9. The summed E-state index contributed by atoms with van der Waals surface area (Å²) in [4.78, 5) is 63.5. The van der Waals surface area contributed by atoms with Crippen LogP contribution in [0.2, 0.25) is 0 Å². The van der Waals surface area contributed by atoms with Crippen molar-refractivity contribution in [3.8, 4) is 121 Å². The van der Waals surface area contributed by atoms with Crippen molar-refractivity contribution in [3.05, 3.63) is 298 Å². The number of ether oxygens (including phenoxy) is 9. The smallest absolute Gasteiger partial charge is 0.213 e. The van der Waals surface area contributed by atoms with Gasteiger partial charge in [-0.05, 0) is 117 Å². The van der Waals surface area contributed by atoms with Crippen LogP contribution in [0, 0.1) is 30.0 Å². The summed E-state index contributed by atoms with van der Waals surface area (Å²) in [5.41, 5.74) is 20.0. The highest BCUT2D eigenvalue weighted by atomic mass is 19.1. The SMILES string of the molecule is C#CC(C)(C)N(c1cc(OC)cc(OC)c1)c1ccc2ncc(-c3cnn(C)c3)nc2c1.COc1cc(OC)cc(N(CC#Cc2ncccc2F)c2ccc3ncc(-c4cnn(C)c4)nc3c2)c1.COc1cc(OC)cc(N(Cc2cccc(OC)n2)c2ccc3ncc(-c4cnn(C)c4)nc3c2)c1.COc1cc(OC)cc(N(Cc2ncccn2)c2ccc3ncc(-c4cnn(C)c4)nc3c2)c1. The highest BCUT2D eigenvalue weighted by Crippen LogP contribution is 2.43. The van der Waals surface area contributed by atoms with E-state index in [2.05, 4.69) is 92.7 Å². The lowest BCUT2D eigenvalue weighted by Gasteiger charge is -2.37. The van der Waals surface area contributed by atoms with E-state index >= 15 is 0 Å². The van der Waals surface area contributed by atoms with Crippen molar-refractivity contribution in [3.63, 3.8) is 0 Å². The number of hydrogen-bond acceptors (Lipinski definition) is 29. The molecule has 0 radical (unpaired) electrons. The summed E-state index contributed by atoms with van der Waals surface area (Å²) in [6, 6.07) is 56.9. The first kappa shape index (κ1) is 94.0. The molecule has 34 heteroatoms. The van der Waals surface area contributed by atoms with Crippen LogP contribution in [-0.2, 0) is 41.3 Å². The number of halogens is 1. The van der Waals surface area contributed by atoms with Crippen molar-refractivity contribution >= 4 is 89.6 Å². The second-order valence-corrected chi connectivity index (χ2v) is 31.9. The summed E-state index contributed by atoms with van der Waals surface area (Å²) in [7, 11) is 22.1. The Labute approximate surface area is 801 Å². The van der Waals surface area contributed by atoms with E-state index in [4.69, 9.17) is 69.0 Å². The van der Waals surface area contributed by atoms with Crippen LogP contribution in [0.3, 0.4) is 0 Å². The number of pyridine rings is 2. The molecule has 0 bridgehead atoms. The van der Waals surface area contributed by atoms with Crippen molar-refractivity contribution in [2.75, 3.05) is 90.1 Å². The predicted octanol–water partition coefficient (Wildman–Crippen LogP) is 18.3. The van der Waals surface area contributed by atoms with E-state index in [1.807, 2.05) is 229 Å². The van der Waals surface area contributed by atoms with Gasteiger partial charge in [-0.2, -0.15) is 20.4 Å². The van der Waals surface area contributed by atoms with Crippen LogP contribution in [-0.4, -0.2) is 175 Å². The standard InChI is InChI=1S/C28H23FN6O2.C27H26N6O3.C25H23N7O2.C25H25N5O2/c1-34-18-19(16-32-34)28-17-31-26-9-8-20(14-27(26)33-28)35(11-5-7-25-24(29)6-4-10-30-25)21-12-22(36-2)15-23(13-21)37-3;1-32-16-18(14-29-32)26-15-28-24-9-8-20(12-25(24)31-26)33(17-19-6-5-7-27(30-19)36-4)21-10-22(34-2)13-23(11-21)35-3;1-31-15-17(13-29-31)24-14-28-22-6-5-18(11-23(22)30-24)32(16-25-26-7-4-8-27-25)19-9-20(33-2)12-21(10-19)34-3;1-7-25(2,3)30(19-10-20(31-5)13-21(11-19)32-6)18-8-9-22-23(12-18)28-24(15-26-22)17-14-27-29(4)16-17/h4,6,8-10,12-18H,11H2,1-3H3;5-16H,17H2,1-4H3;4-15H,16H2,1-3H3;1,8-16H,2-6H3. The topological polar surface area (TPSA) is 322 Å². The lowest BCUT2D eigenvalue weighted by molar-refractivity contribution is 0.394. The lowest BCUT2D eigenvalue weighted by atomic mass is 10.0. The Balaban J connectivity index is 0.000000134. The highest BCUT2D eigenvalue weighted by Gasteiger charge is 2.29. The van der Waals surface area contributed by atoms with Gasteiger partial charge in [-0.3, -0.25) is 38.7 Å². The summed E-state index contributed by atoms with van der Waals surface area (Å²) < 4.78 is 70.4. The monoisotopic (exact) mass is 1860 g/mol. The first-order chi connectivity index (χ1) is 67.6. The molecule has 0 amide bonds. The molecule has 0 aliphatic heterocycles. The maximum Gasteiger partial charge on any atom is 0.213 e. The number of fused-ring (bicyclic) bond motifs is 4. The van der Waals surface area contributed by atoms with E-state index in [0.29, 0.717) is 76.3 Å². The first-order valence-electron chi connectivity index (χ1n) is 43.5. The number of aromatic nitrogens is 20. The molecule has 19 rings (SSSR count). The Kier molecular flexibility index (Phi) is 28.9. The van der Waals surface area contributed by atoms with Gasteiger partial charge in [-0.25, -0.2) is 44.3 Å². The van der Waals surface area contributed by atoms with Gasteiger partial charge in [0.2, 0.25) is 5.88 Å². The fraction of sp³-hybridized carbons (Fsp3) is 0.181. The van der Waals surface area contributed by atoms with Gasteiger partial charge >= 0.3 is 0 Å². The number of nitrogens with zero attached hydrogens (tertiary/aromatic N) is 24. The molecular formula is C105H97FN24O9. The molecule has 0 saturated heterocycles. The third kappa shape index (κ3) is 22.5. The van der Waals surface area contributed by atoms with E-state index in [9.17, 15) is 4.39 Å². The van der Waals surface area contributed by atoms with Gasteiger partial charge in [0.25, 0.3) is 0 Å². The van der Waals surface area contributed by atoms with E-state index in [0.717, 1.165) is 135 Å².